The molecule has 7 nitrogen and oxygen atoms in total. The average molecular weight is 405 g/mol. The Kier molecular flexibility index (Phi) is 7.17. The topological polar surface area (TPSA) is 98.8 Å². The molecule has 2 rings (SSSR count). The van der Waals surface area contributed by atoms with Gasteiger partial charge in [-0.2, -0.15) is 8.42 Å². The molecule has 0 heterocycles. The third-order valence-corrected chi connectivity index (χ3v) is 4.85. The molecule has 2 aromatic carbocycles. The van der Waals surface area contributed by atoms with Gasteiger partial charge in [-0.1, -0.05) is 30.3 Å². The van der Waals surface area contributed by atoms with E-state index < -0.39 is 22.1 Å². The molecule has 0 aliphatic heterocycles. The number of esters is 1. The molecule has 0 saturated heterocycles. The lowest BCUT2D eigenvalue weighted by Gasteiger charge is -2.19. The second-order valence-electron chi connectivity index (χ2n) is 6.44. The van der Waals surface area contributed by atoms with Crippen LogP contribution in [0.25, 0.3) is 0 Å². The van der Waals surface area contributed by atoms with Crippen molar-refractivity contribution in [2.45, 2.75) is 44.2 Å². The van der Waals surface area contributed by atoms with Crippen LogP contribution in [0.2, 0.25) is 0 Å². The fraction of sp³-hybridized carbons (Fsp3) is 0.300. The maximum absolute atomic E-state index is 12.4. The van der Waals surface area contributed by atoms with E-state index >= 15 is 0 Å². The zero-order valence-electron chi connectivity index (χ0n) is 15.9. The molecule has 2 aromatic rings. The number of hydrogen-bond donors (Lipinski definition) is 1. The van der Waals surface area contributed by atoms with E-state index in [-0.39, 0.29) is 29.1 Å². The molecule has 28 heavy (non-hydrogen) atoms. The molecule has 0 bridgehead atoms. The van der Waals surface area contributed by atoms with Crippen molar-refractivity contribution in [3.63, 3.8) is 0 Å². The highest BCUT2D eigenvalue weighted by Crippen LogP contribution is 2.20. The Morgan fingerprint density at radius 1 is 1.04 bits per heavy atom. The fourth-order valence-electron chi connectivity index (χ4n) is 2.48. The van der Waals surface area contributed by atoms with E-state index in [9.17, 15) is 18.0 Å². The molecule has 8 heteroatoms. The molecule has 0 saturated carbocycles. The van der Waals surface area contributed by atoms with Gasteiger partial charge in [0.1, 0.15) is 16.7 Å². The van der Waals surface area contributed by atoms with Crippen molar-refractivity contribution >= 4 is 22.0 Å². The molecule has 0 unspecified atom stereocenters. The summed E-state index contributed by atoms with van der Waals surface area (Å²) < 4.78 is 35.1. The van der Waals surface area contributed by atoms with E-state index in [0.29, 0.717) is 5.56 Å². The van der Waals surface area contributed by atoms with E-state index in [1.807, 2.05) is 0 Å². The van der Waals surface area contributed by atoms with Crippen molar-refractivity contribution in [2.24, 2.45) is 0 Å². The Bertz CT molecular complexity index is 925. The Hall–Kier alpha value is -2.87. The Balaban J connectivity index is 2.18. The number of amides is 1. The van der Waals surface area contributed by atoms with Crippen molar-refractivity contribution in [3.05, 3.63) is 60.2 Å². The van der Waals surface area contributed by atoms with Crippen LogP contribution >= 0.6 is 0 Å². The van der Waals surface area contributed by atoms with Gasteiger partial charge in [-0.05, 0) is 43.7 Å². The molecule has 1 N–H and O–H groups in total. The lowest BCUT2D eigenvalue weighted by Crippen LogP contribution is -2.43. The number of benzene rings is 2. The van der Waals surface area contributed by atoms with Gasteiger partial charge in [0.2, 0.25) is 5.91 Å². The van der Waals surface area contributed by atoms with Crippen LogP contribution in [0.5, 0.6) is 5.75 Å². The summed E-state index contributed by atoms with van der Waals surface area (Å²) in [6.07, 6.45) is -0.192. The quantitative estimate of drug-likeness (QED) is 0.535. The predicted molar refractivity (Wildman–Crippen MR) is 103 cm³/mol. The molecule has 0 aliphatic carbocycles. The number of carbonyl (C=O) groups is 2. The maximum atomic E-state index is 12.4. The van der Waals surface area contributed by atoms with Crippen LogP contribution in [0, 0.1) is 0 Å². The summed E-state index contributed by atoms with van der Waals surface area (Å²) in [6, 6.07) is 13.2. The fourth-order valence-corrected chi connectivity index (χ4v) is 3.42. The summed E-state index contributed by atoms with van der Waals surface area (Å²) in [7, 11) is -3.97. The minimum atomic E-state index is -3.97. The molecular weight excluding hydrogens is 382 g/mol. The highest BCUT2D eigenvalue weighted by atomic mass is 32.2. The second-order valence-corrected chi connectivity index (χ2v) is 7.99. The molecule has 0 fully saturated rings. The predicted octanol–water partition coefficient (Wildman–Crippen LogP) is 2.45. The van der Waals surface area contributed by atoms with E-state index in [0.717, 1.165) is 0 Å². The monoisotopic (exact) mass is 405 g/mol. The maximum Gasteiger partial charge on any atom is 0.339 e. The zero-order valence-corrected chi connectivity index (χ0v) is 16.7. The normalized spacial score (nSPS) is 12.3. The summed E-state index contributed by atoms with van der Waals surface area (Å²) in [5.74, 6) is -0.821. The van der Waals surface area contributed by atoms with Gasteiger partial charge in [-0.15, -0.1) is 0 Å². The third-order valence-electron chi connectivity index (χ3n) is 3.59. The van der Waals surface area contributed by atoms with Crippen LogP contribution in [0.1, 0.15) is 26.3 Å². The van der Waals surface area contributed by atoms with Gasteiger partial charge in [0, 0.05) is 13.3 Å². The first-order valence-electron chi connectivity index (χ1n) is 8.73. The van der Waals surface area contributed by atoms with Crippen LogP contribution in [-0.4, -0.2) is 32.4 Å². The van der Waals surface area contributed by atoms with Crippen molar-refractivity contribution in [1.29, 1.82) is 0 Å². The van der Waals surface area contributed by atoms with Gasteiger partial charge < -0.3 is 14.2 Å². The van der Waals surface area contributed by atoms with E-state index in [1.54, 1.807) is 44.2 Å². The summed E-state index contributed by atoms with van der Waals surface area (Å²) >= 11 is 0. The van der Waals surface area contributed by atoms with Crippen LogP contribution < -0.4 is 9.50 Å². The van der Waals surface area contributed by atoms with Crippen LogP contribution in [0.3, 0.4) is 0 Å². The molecular formula is C20H23NO6S. The minimum Gasteiger partial charge on any atom is -0.461 e. The lowest BCUT2D eigenvalue weighted by molar-refractivity contribution is -0.151. The van der Waals surface area contributed by atoms with E-state index in [4.69, 9.17) is 8.92 Å². The SMILES string of the molecule is CC(=O)N[C@@H](Cc1cccc(OS(=O)(=O)c2ccccc2)c1)C(=O)OC(C)C. The molecule has 0 spiro atoms. The largest absolute Gasteiger partial charge is 0.461 e. The zero-order chi connectivity index (χ0) is 20.7. The molecule has 150 valence electrons. The number of ether oxygens (including phenoxy) is 1. The summed E-state index contributed by atoms with van der Waals surface area (Å²) in [4.78, 5) is 23.7. The van der Waals surface area contributed by atoms with E-state index in [2.05, 4.69) is 5.32 Å². The number of rotatable bonds is 8. The summed E-state index contributed by atoms with van der Waals surface area (Å²) in [6.45, 7) is 4.74. The third kappa shape index (κ3) is 6.38. The Morgan fingerprint density at radius 3 is 2.32 bits per heavy atom. The minimum absolute atomic E-state index is 0.0389. The first kappa shape index (κ1) is 21.4. The van der Waals surface area contributed by atoms with Gasteiger partial charge in [0.25, 0.3) is 0 Å². The van der Waals surface area contributed by atoms with Crippen molar-refractivity contribution in [1.82, 2.24) is 5.32 Å². The number of nitrogens with one attached hydrogen (secondary N) is 1. The molecule has 1 amide bonds. The molecule has 0 radical (unpaired) electrons. The number of carbonyl (C=O) groups excluding carboxylic acids is 2. The van der Waals surface area contributed by atoms with E-state index in [1.165, 1.54) is 31.2 Å². The first-order valence-corrected chi connectivity index (χ1v) is 10.1. The van der Waals surface area contributed by atoms with Gasteiger partial charge in [0.15, 0.2) is 0 Å². The van der Waals surface area contributed by atoms with Crippen LogP contribution in [0.4, 0.5) is 0 Å². The molecule has 1 atom stereocenters. The van der Waals surface area contributed by atoms with Gasteiger partial charge in [-0.3, -0.25) is 4.79 Å². The van der Waals surface area contributed by atoms with Gasteiger partial charge in [-0.25, -0.2) is 4.79 Å². The highest BCUT2D eigenvalue weighted by Gasteiger charge is 2.23. The summed E-state index contributed by atoms with van der Waals surface area (Å²) in [5, 5.41) is 2.55. The van der Waals surface area contributed by atoms with Crippen molar-refractivity contribution < 1.29 is 26.9 Å². The first-order chi connectivity index (χ1) is 13.2. The average Bonchev–Trinajstić information content (AvgIpc) is 2.61. The van der Waals surface area contributed by atoms with Crippen LogP contribution in [0.15, 0.2) is 59.5 Å². The standard InChI is InChI=1S/C20H23NO6S/c1-14(2)26-20(23)19(21-15(3)22)13-16-8-7-9-17(12-16)27-28(24,25)18-10-5-4-6-11-18/h4-12,14,19H,13H2,1-3H3,(H,21,22)/t19-/m0/s1. The smallest absolute Gasteiger partial charge is 0.339 e. The second kappa shape index (κ2) is 9.36. The molecule has 0 aliphatic rings. The Labute approximate surface area is 164 Å². The highest BCUT2D eigenvalue weighted by molar-refractivity contribution is 7.87. The Morgan fingerprint density at radius 2 is 1.71 bits per heavy atom. The van der Waals surface area contributed by atoms with Crippen molar-refractivity contribution in [3.8, 4) is 5.75 Å². The number of hydrogen-bond acceptors (Lipinski definition) is 6. The lowest BCUT2D eigenvalue weighted by atomic mass is 10.1. The summed E-state index contributed by atoms with van der Waals surface area (Å²) in [5.41, 5.74) is 0.611. The van der Waals surface area contributed by atoms with Crippen LogP contribution in [-0.2, 0) is 30.9 Å². The molecule has 0 aromatic heterocycles. The van der Waals surface area contributed by atoms with Gasteiger partial charge in [0.05, 0.1) is 6.10 Å². The van der Waals surface area contributed by atoms with Crippen molar-refractivity contribution in [2.75, 3.05) is 0 Å². The van der Waals surface area contributed by atoms with Gasteiger partial charge >= 0.3 is 16.1 Å².